The van der Waals surface area contributed by atoms with Gasteiger partial charge in [-0.3, -0.25) is 9.59 Å². The van der Waals surface area contributed by atoms with Crippen molar-refractivity contribution in [3.8, 4) is 5.75 Å². The minimum atomic E-state index is -0.160. The van der Waals surface area contributed by atoms with Crippen LogP contribution in [0.2, 0.25) is 0 Å². The average Bonchev–Trinajstić information content (AvgIpc) is 2.63. The van der Waals surface area contributed by atoms with Crippen LogP contribution in [-0.4, -0.2) is 31.5 Å². The summed E-state index contributed by atoms with van der Waals surface area (Å²) in [6, 6.07) is 15.0. The first-order valence-electron chi connectivity index (χ1n) is 8.55. The third kappa shape index (κ3) is 6.88. The molecule has 0 atom stereocenters. The van der Waals surface area contributed by atoms with E-state index in [0.717, 1.165) is 15.8 Å². The maximum Gasteiger partial charge on any atom is 0.251 e. The molecule has 0 heterocycles. The van der Waals surface area contributed by atoms with E-state index < -0.39 is 0 Å². The zero-order valence-corrected chi connectivity index (χ0v) is 16.3. The van der Waals surface area contributed by atoms with Gasteiger partial charge in [0.1, 0.15) is 5.75 Å². The van der Waals surface area contributed by atoms with Gasteiger partial charge in [-0.15, -0.1) is 0 Å². The van der Waals surface area contributed by atoms with Gasteiger partial charge < -0.3 is 15.4 Å². The third-order valence-electron chi connectivity index (χ3n) is 3.72. The third-order valence-corrected chi connectivity index (χ3v) is 4.21. The average molecular weight is 419 g/mol. The fourth-order valence-electron chi connectivity index (χ4n) is 2.33. The number of para-hydroxylation sites is 1. The minimum absolute atomic E-state index is 0.0462. The summed E-state index contributed by atoms with van der Waals surface area (Å²) in [6.07, 6.45) is 1.04. The zero-order chi connectivity index (χ0) is 18.8. The van der Waals surface area contributed by atoms with Gasteiger partial charge in [-0.25, -0.2) is 0 Å². The first-order chi connectivity index (χ1) is 12.6. The van der Waals surface area contributed by atoms with E-state index in [0.29, 0.717) is 38.1 Å². The molecule has 2 N–H and O–H groups in total. The molecular weight excluding hydrogens is 396 g/mol. The molecule has 0 spiro atoms. The Bertz CT molecular complexity index is 749. The van der Waals surface area contributed by atoms with Gasteiger partial charge in [-0.2, -0.15) is 0 Å². The topological polar surface area (TPSA) is 67.4 Å². The molecular formula is C20H23BrN2O3. The van der Waals surface area contributed by atoms with Gasteiger partial charge in [0.25, 0.3) is 5.91 Å². The number of hydrogen-bond acceptors (Lipinski definition) is 3. The molecule has 0 aliphatic heterocycles. The van der Waals surface area contributed by atoms with Gasteiger partial charge in [0, 0.05) is 29.5 Å². The molecule has 2 aromatic carbocycles. The van der Waals surface area contributed by atoms with Crippen LogP contribution in [0.1, 0.15) is 28.8 Å². The molecule has 0 radical (unpaired) electrons. The summed E-state index contributed by atoms with van der Waals surface area (Å²) >= 11 is 3.33. The minimum Gasteiger partial charge on any atom is -0.493 e. The molecule has 0 aliphatic carbocycles. The normalized spacial score (nSPS) is 10.2. The fourth-order valence-corrected chi connectivity index (χ4v) is 2.73. The Morgan fingerprint density at radius 1 is 1.04 bits per heavy atom. The van der Waals surface area contributed by atoms with Gasteiger partial charge in [-0.1, -0.05) is 40.2 Å². The Kier molecular flexibility index (Phi) is 8.15. The van der Waals surface area contributed by atoms with Crippen LogP contribution in [-0.2, 0) is 4.79 Å². The lowest BCUT2D eigenvalue weighted by Crippen LogP contribution is -2.34. The fraction of sp³-hybridized carbons (Fsp3) is 0.300. The number of carbonyl (C=O) groups excluding carboxylic acids is 2. The van der Waals surface area contributed by atoms with E-state index in [1.54, 1.807) is 18.2 Å². The van der Waals surface area contributed by atoms with E-state index in [9.17, 15) is 9.59 Å². The van der Waals surface area contributed by atoms with E-state index in [1.165, 1.54) is 0 Å². The number of carbonyl (C=O) groups is 2. The highest BCUT2D eigenvalue weighted by Gasteiger charge is 2.06. The number of halogens is 1. The van der Waals surface area contributed by atoms with E-state index in [-0.39, 0.29) is 11.8 Å². The maximum atomic E-state index is 12.0. The van der Waals surface area contributed by atoms with Crippen molar-refractivity contribution in [3.63, 3.8) is 0 Å². The maximum absolute atomic E-state index is 12.0. The highest BCUT2D eigenvalue weighted by Crippen LogP contribution is 2.16. The van der Waals surface area contributed by atoms with Crippen molar-refractivity contribution in [2.24, 2.45) is 0 Å². The molecule has 0 bridgehead atoms. The highest BCUT2D eigenvalue weighted by atomic mass is 79.9. The first-order valence-corrected chi connectivity index (χ1v) is 9.34. The van der Waals surface area contributed by atoms with Crippen LogP contribution in [0.4, 0.5) is 0 Å². The smallest absolute Gasteiger partial charge is 0.251 e. The van der Waals surface area contributed by atoms with E-state index >= 15 is 0 Å². The monoisotopic (exact) mass is 418 g/mol. The molecule has 5 nitrogen and oxygen atoms in total. The standard InChI is InChI=1S/C20H23BrN2O3/c1-15-6-2-3-9-18(15)26-13-5-10-19(24)22-11-12-23-20(25)16-7-4-8-17(21)14-16/h2-4,6-9,14H,5,10-13H2,1H3,(H,22,24)(H,23,25). The van der Waals surface area contributed by atoms with Crippen LogP contribution < -0.4 is 15.4 Å². The molecule has 0 saturated heterocycles. The Morgan fingerprint density at radius 2 is 1.81 bits per heavy atom. The van der Waals surface area contributed by atoms with Crippen molar-refractivity contribution in [1.82, 2.24) is 10.6 Å². The predicted molar refractivity (Wildman–Crippen MR) is 105 cm³/mol. The largest absolute Gasteiger partial charge is 0.493 e. The lowest BCUT2D eigenvalue weighted by Gasteiger charge is -2.09. The lowest BCUT2D eigenvalue weighted by molar-refractivity contribution is -0.121. The molecule has 138 valence electrons. The van der Waals surface area contributed by atoms with E-state index in [4.69, 9.17) is 4.74 Å². The number of aryl methyl sites for hydroxylation is 1. The van der Waals surface area contributed by atoms with E-state index in [1.807, 2.05) is 37.3 Å². The quantitative estimate of drug-likeness (QED) is 0.612. The summed E-state index contributed by atoms with van der Waals surface area (Å²) in [5.74, 6) is 0.644. The number of amides is 2. The number of nitrogens with one attached hydrogen (secondary N) is 2. The zero-order valence-electron chi connectivity index (χ0n) is 14.8. The molecule has 2 amide bonds. The highest BCUT2D eigenvalue weighted by molar-refractivity contribution is 9.10. The van der Waals surface area contributed by atoms with Crippen LogP contribution >= 0.6 is 15.9 Å². The summed E-state index contributed by atoms with van der Waals surface area (Å²) in [7, 11) is 0. The van der Waals surface area contributed by atoms with Gasteiger partial charge in [0.05, 0.1) is 6.61 Å². The van der Waals surface area contributed by atoms with Gasteiger partial charge >= 0.3 is 0 Å². The van der Waals surface area contributed by atoms with Crippen molar-refractivity contribution in [3.05, 3.63) is 64.1 Å². The van der Waals surface area contributed by atoms with Crippen molar-refractivity contribution in [1.29, 1.82) is 0 Å². The SMILES string of the molecule is Cc1ccccc1OCCCC(=O)NCCNC(=O)c1cccc(Br)c1. The molecule has 26 heavy (non-hydrogen) atoms. The van der Waals surface area contributed by atoms with Gasteiger partial charge in [0.15, 0.2) is 0 Å². The Labute approximate surface area is 162 Å². The van der Waals surface area contributed by atoms with Crippen molar-refractivity contribution < 1.29 is 14.3 Å². The lowest BCUT2D eigenvalue weighted by atomic mass is 10.2. The molecule has 2 aromatic rings. The number of ether oxygens (including phenoxy) is 1. The van der Waals surface area contributed by atoms with Crippen LogP contribution in [0, 0.1) is 6.92 Å². The summed E-state index contributed by atoms with van der Waals surface area (Å²) in [5.41, 5.74) is 1.66. The first kappa shape index (κ1) is 20.0. The van der Waals surface area contributed by atoms with E-state index in [2.05, 4.69) is 26.6 Å². The molecule has 0 aromatic heterocycles. The predicted octanol–water partition coefficient (Wildman–Crippen LogP) is 3.46. The second-order valence-corrected chi connectivity index (χ2v) is 6.75. The van der Waals surface area contributed by atoms with Gasteiger partial charge in [-0.05, 0) is 43.2 Å². The molecule has 0 saturated carbocycles. The van der Waals surface area contributed by atoms with Crippen LogP contribution in [0.3, 0.4) is 0 Å². The van der Waals surface area contributed by atoms with Crippen LogP contribution in [0.5, 0.6) is 5.75 Å². The molecule has 6 heteroatoms. The second kappa shape index (κ2) is 10.6. The Hall–Kier alpha value is -2.34. The van der Waals surface area contributed by atoms with Crippen molar-refractivity contribution in [2.45, 2.75) is 19.8 Å². The van der Waals surface area contributed by atoms with Crippen LogP contribution in [0.25, 0.3) is 0 Å². The Morgan fingerprint density at radius 3 is 2.58 bits per heavy atom. The molecule has 0 fully saturated rings. The number of benzene rings is 2. The van der Waals surface area contributed by atoms with Gasteiger partial charge in [0.2, 0.25) is 5.91 Å². The number of rotatable bonds is 9. The summed E-state index contributed by atoms with van der Waals surface area (Å²) < 4.78 is 6.52. The second-order valence-electron chi connectivity index (χ2n) is 5.83. The van der Waals surface area contributed by atoms with Crippen molar-refractivity contribution in [2.75, 3.05) is 19.7 Å². The number of hydrogen-bond donors (Lipinski definition) is 2. The van der Waals surface area contributed by atoms with Crippen LogP contribution in [0.15, 0.2) is 53.0 Å². The summed E-state index contributed by atoms with van der Waals surface area (Å²) in [6.45, 7) is 3.27. The molecule has 0 aliphatic rings. The van der Waals surface area contributed by atoms with Crippen molar-refractivity contribution >= 4 is 27.7 Å². The summed E-state index contributed by atoms with van der Waals surface area (Å²) in [5, 5.41) is 5.57. The Balaban J connectivity index is 1.56. The summed E-state index contributed by atoms with van der Waals surface area (Å²) in [4.78, 5) is 23.7. The molecule has 2 rings (SSSR count). The molecule has 0 unspecified atom stereocenters.